The van der Waals surface area contributed by atoms with Crippen LogP contribution in [0.2, 0.25) is 0 Å². The Morgan fingerprint density at radius 1 is 1.47 bits per heavy atom. The number of hydrogen-bond donors (Lipinski definition) is 1. The van der Waals surface area contributed by atoms with Crippen LogP contribution in [0.4, 0.5) is 0 Å². The second-order valence-electron chi connectivity index (χ2n) is 4.15. The predicted molar refractivity (Wildman–Crippen MR) is 68.5 cm³/mol. The van der Waals surface area contributed by atoms with Crippen molar-refractivity contribution in [3.8, 4) is 0 Å². The molecule has 0 aliphatic rings. The first-order valence-corrected chi connectivity index (χ1v) is 6.40. The molecular weight excluding hydrogens is 204 g/mol. The van der Waals surface area contributed by atoms with E-state index < -0.39 is 0 Å². The first-order chi connectivity index (χ1) is 7.11. The number of aryl methyl sites for hydroxylation is 1. The van der Waals surface area contributed by atoms with E-state index in [1.807, 2.05) is 11.3 Å². The van der Waals surface area contributed by atoms with E-state index >= 15 is 0 Å². The molecule has 0 aromatic carbocycles. The highest BCUT2D eigenvalue weighted by Crippen LogP contribution is 2.14. The summed E-state index contributed by atoms with van der Waals surface area (Å²) in [6.45, 7) is 9.81. The standard InChI is InChI=1S/C12H22N2S/c1-5-14(4)9-10(2)13-8-12-7-6-11(3)15-12/h6-7,10,13H,5,8-9H2,1-4H3. The molecule has 1 N–H and O–H groups in total. The Labute approximate surface area is 97.3 Å². The highest BCUT2D eigenvalue weighted by Gasteiger charge is 2.04. The largest absolute Gasteiger partial charge is 0.308 e. The minimum atomic E-state index is 0.553. The number of thiophene rings is 1. The van der Waals surface area contributed by atoms with Gasteiger partial charge in [0.05, 0.1) is 0 Å². The second-order valence-corrected chi connectivity index (χ2v) is 5.52. The molecule has 1 atom stereocenters. The van der Waals surface area contributed by atoms with Gasteiger partial charge in [0.25, 0.3) is 0 Å². The Kier molecular flexibility index (Phi) is 5.29. The molecule has 0 spiro atoms. The summed E-state index contributed by atoms with van der Waals surface area (Å²) in [5.41, 5.74) is 0. The first-order valence-electron chi connectivity index (χ1n) is 5.59. The molecule has 1 aromatic rings. The van der Waals surface area contributed by atoms with Crippen molar-refractivity contribution in [2.75, 3.05) is 20.1 Å². The predicted octanol–water partition coefficient (Wildman–Crippen LogP) is 2.49. The zero-order valence-electron chi connectivity index (χ0n) is 10.2. The van der Waals surface area contributed by atoms with Gasteiger partial charge < -0.3 is 10.2 Å². The summed E-state index contributed by atoms with van der Waals surface area (Å²) in [4.78, 5) is 5.15. The SMILES string of the molecule is CCN(C)CC(C)NCc1ccc(C)s1. The van der Waals surface area contributed by atoms with Crippen LogP contribution in [0.15, 0.2) is 12.1 Å². The molecule has 1 unspecified atom stereocenters. The normalized spacial score (nSPS) is 13.4. The zero-order valence-corrected chi connectivity index (χ0v) is 11.0. The Balaban J connectivity index is 2.25. The highest BCUT2D eigenvalue weighted by molar-refractivity contribution is 7.11. The molecule has 1 heterocycles. The molecule has 0 radical (unpaired) electrons. The lowest BCUT2D eigenvalue weighted by Gasteiger charge is -2.20. The van der Waals surface area contributed by atoms with Gasteiger partial charge in [0, 0.05) is 28.9 Å². The maximum Gasteiger partial charge on any atom is 0.0302 e. The molecular formula is C12H22N2S. The van der Waals surface area contributed by atoms with Crippen molar-refractivity contribution in [2.45, 2.75) is 33.4 Å². The maximum absolute atomic E-state index is 3.55. The number of likely N-dealkylation sites (N-methyl/N-ethyl adjacent to an activating group) is 1. The van der Waals surface area contributed by atoms with Gasteiger partial charge >= 0.3 is 0 Å². The van der Waals surface area contributed by atoms with E-state index in [1.165, 1.54) is 9.75 Å². The van der Waals surface area contributed by atoms with Crippen LogP contribution in [0, 0.1) is 6.92 Å². The van der Waals surface area contributed by atoms with Crippen LogP contribution in [0.25, 0.3) is 0 Å². The first kappa shape index (κ1) is 12.7. The molecule has 0 bridgehead atoms. The zero-order chi connectivity index (χ0) is 11.3. The van der Waals surface area contributed by atoms with Gasteiger partial charge in [-0.15, -0.1) is 11.3 Å². The van der Waals surface area contributed by atoms with Gasteiger partial charge in [-0.2, -0.15) is 0 Å². The van der Waals surface area contributed by atoms with Crippen LogP contribution >= 0.6 is 11.3 Å². The summed E-state index contributed by atoms with van der Waals surface area (Å²) >= 11 is 1.88. The fraction of sp³-hybridized carbons (Fsp3) is 0.667. The summed E-state index contributed by atoms with van der Waals surface area (Å²) in [5.74, 6) is 0. The van der Waals surface area contributed by atoms with Gasteiger partial charge in [-0.05, 0) is 39.6 Å². The van der Waals surface area contributed by atoms with Gasteiger partial charge in [0.2, 0.25) is 0 Å². The monoisotopic (exact) mass is 226 g/mol. The highest BCUT2D eigenvalue weighted by atomic mass is 32.1. The van der Waals surface area contributed by atoms with Crippen molar-refractivity contribution >= 4 is 11.3 Å². The summed E-state index contributed by atoms with van der Waals surface area (Å²) < 4.78 is 0. The van der Waals surface area contributed by atoms with Gasteiger partial charge in [0.1, 0.15) is 0 Å². The van der Waals surface area contributed by atoms with Gasteiger partial charge in [0.15, 0.2) is 0 Å². The van der Waals surface area contributed by atoms with Crippen LogP contribution in [-0.2, 0) is 6.54 Å². The fourth-order valence-electron chi connectivity index (χ4n) is 1.52. The van der Waals surface area contributed by atoms with E-state index in [4.69, 9.17) is 0 Å². The Bertz CT molecular complexity index is 283. The quantitative estimate of drug-likeness (QED) is 0.802. The van der Waals surface area contributed by atoms with E-state index in [0.717, 1.165) is 19.6 Å². The van der Waals surface area contributed by atoms with E-state index in [0.29, 0.717) is 6.04 Å². The van der Waals surface area contributed by atoms with Gasteiger partial charge in [-0.25, -0.2) is 0 Å². The van der Waals surface area contributed by atoms with Gasteiger partial charge in [-0.1, -0.05) is 6.92 Å². The molecule has 0 aliphatic heterocycles. The van der Waals surface area contributed by atoms with Crippen molar-refractivity contribution in [2.24, 2.45) is 0 Å². The number of nitrogens with one attached hydrogen (secondary N) is 1. The van der Waals surface area contributed by atoms with E-state index in [1.54, 1.807) is 0 Å². The van der Waals surface area contributed by atoms with Crippen LogP contribution in [-0.4, -0.2) is 31.1 Å². The lowest BCUT2D eigenvalue weighted by Crippen LogP contribution is -2.36. The smallest absolute Gasteiger partial charge is 0.0302 e. The third kappa shape index (κ3) is 4.78. The summed E-state index contributed by atoms with van der Waals surface area (Å²) in [5, 5.41) is 3.55. The topological polar surface area (TPSA) is 15.3 Å². The summed E-state index contributed by atoms with van der Waals surface area (Å²) in [7, 11) is 2.16. The van der Waals surface area contributed by atoms with Crippen molar-refractivity contribution < 1.29 is 0 Å². The van der Waals surface area contributed by atoms with Crippen LogP contribution in [0.5, 0.6) is 0 Å². The van der Waals surface area contributed by atoms with Crippen LogP contribution in [0.1, 0.15) is 23.6 Å². The summed E-state index contributed by atoms with van der Waals surface area (Å²) in [6.07, 6.45) is 0. The van der Waals surface area contributed by atoms with E-state index in [2.05, 4.69) is 50.2 Å². The molecule has 2 nitrogen and oxygen atoms in total. The molecule has 3 heteroatoms. The number of rotatable bonds is 6. The third-order valence-corrected chi connectivity index (χ3v) is 3.55. The van der Waals surface area contributed by atoms with Crippen LogP contribution in [0.3, 0.4) is 0 Å². The molecule has 0 amide bonds. The molecule has 1 aromatic heterocycles. The molecule has 0 saturated heterocycles. The van der Waals surface area contributed by atoms with Crippen LogP contribution < -0.4 is 5.32 Å². The van der Waals surface area contributed by atoms with Gasteiger partial charge in [-0.3, -0.25) is 0 Å². The minimum absolute atomic E-state index is 0.553. The summed E-state index contributed by atoms with van der Waals surface area (Å²) in [6, 6.07) is 4.95. The lowest BCUT2D eigenvalue weighted by molar-refractivity contribution is 0.310. The molecule has 0 aliphatic carbocycles. The molecule has 86 valence electrons. The van der Waals surface area contributed by atoms with E-state index in [9.17, 15) is 0 Å². The number of nitrogens with zero attached hydrogens (tertiary/aromatic N) is 1. The molecule has 1 rings (SSSR count). The Hall–Kier alpha value is -0.380. The Morgan fingerprint density at radius 2 is 2.20 bits per heavy atom. The van der Waals surface area contributed by atoms with Crippen molar-refractivity contribution in [1.82, 2.24) is 10.2 Å². The number of hydrogen-bond acceptors (Lipinski definition) is 3. The molecule has 0 saturated carbocycles. The molecule has 0 fully saturated rings. The second kappa shape index (κ2) is 6.26. The van der Waals surface area contributed by atoms with Crippen molar-refractivity contribution in [3.63, 3.8) is 0 Å². The van der Waals surface area contributed by atoms with Crippen molar-refractivity contribution in [1.29, 1.82) is 0 Å². The molecule has 15 heavy (non-hydrogen) atoms. The third-order valence-electron chi connectivity index (χ3n) is 2.55. The lowest BCUT2D eigenvalue weighted by atomic mass is 10.3. The van der Waals surface area contributed by atoms with Crippen molar-refractivity contribution in [3.05, 3.63) is 21.9 Å². The average Bonchev–Trinajstić information content (AvgIpc) is 2.61. The maximum atomic E-state index is 3.55. The average molecular weight is 226 g/mol. The Morgan fingerprint density at radius 3 is 2.73 bits per heavy atom. The van der Waals surface area contributed by atoms with E-state index in [-0.39, 0.29) is 0 Å². The minimum Gasteiger partial charge on any atom is -0.308 e. The fourth-order valence-corrected chi connectivity index (χ4v) is 2.36.